The minimum atomic E-state index is -1.19. The van der Waals surface area contributed by atoms with Crippen LogP contribution in [-0.4, -0.2) is 27.3 Å². The van der Waals surface area contributed by atoms with Gasteiger partial charge in [0.25, 0.3) is 11.5 Å². The van der Waals surface area contributed by atoms with Crippen molar-refractivity contribution >= 4 is 22.8 Å². The van der Waals surface area contributed by atoms with Gasteiger partial charge in [0.2, 0.25) is 0 Å². The van der Waals surface area contributed by atoms with Crippen molar-refractivity contribution in [2.45, 2.75) is 25.6 Å². The van der Waals surface area contributed by atoms with Crippen LogP contribution >= 0.6 is 0 Å². The summed E-state index contributed by atoms with van der Waals surface area (Å²) in [5.41, 5.74) is 0.183. The molecule has 1 fully saturated rings. The summed E-state index contributed by atoms with van der Waals surface area (Å²) in [5.74, 6) is 0.155. The maximum absolute atomic E-state index is 12.6. The van der Waals surface area contributed by atoms with Crippen LogP contribution in [-0.2, 0) is 17.9 Å². The third-order valence-electron chi connectivity index (χ3n) is 4.56. The average Bonchev–Trinajstić information content (AvgIpc) is 3.09. The Labute approximate surface area is 154 Å². The van der Waals surface area contributed by atoms with Gasteiger partial charge in [-0.2, -0.15) is 0 Å². The first-order valence-corrected chi connectivity index (χ1v) is 8.47. The molecular formula is C19H18N4O4. The number of aromatic nitrogens is 2. The monoisotopic (exact) mass is 366 g/mol. The summed E-state index contributed by atoms with van der Waals surface area (Å²) in [6, 6.07) is 14.4. The molecule has 2 heterocycles. The molecule has 4 rings (SSSR count). The number of hydrogen-bond acceptors (Lipinski definition) is 4. The molecule has 3 aromatic rings. The van der Waals surface area contributed by atoms with Crippen LogP contribution in [0.3, 0.4) is 0 Å². The molecule has 0 spiro atoms. The van der Waals surface area contributed by atoms with E-state index in [0.29, 0.717) is 23.3 Å². The molecule has 0 radical (unpaired) electrons. The van der Waals surface area contributed by atoms with Gasteiger partial charge in [0.15, 0.2) is 0 Å². The molecule has 1 saturated heterocycles. The number of fused-ring (bicyclic) bond motifs is 1. The van der Waals surface area contributed by atoms with Crippen molar-refractivity contribution in [1.29, 1.82) is 0 Å². The number of nitrogens with one attached hydrogen (secondary N) is 3. The molecule has 8 nitrogen and oxygen atoms in total. The normalized spacial score (nSPS) is 19.1. The van der Waals surface area contributed by atoms with Gasteiger partial charge in [-0.05, 0) is 24.6 Å². The topological polar surface area (TPSA) is 105 Å². The molecule has 2 aromatic carbocycles. The Bertz CT molecular complexity index is 1090. The fourth-order valence-corrected chi connectivity index (χ4v) is 3.09. The lowest BCUT2D eigenvalue weighted by Gasteiger charge is -2.20. The van der Waals surface area contributed by atoms with Gasteiger partial charge in [-0.25, -0.2) is 9.48 Å². The van der Waals surface area contributed by atoms with E-state index in [-0.39, 0.29) is 12.1 Å². The van der Waals surface area contributed by atoms with Crippen molar-refractivity contribution in [3.05, 3.63) is 64.4 Å². The summed E-state index contributed by atoms with van der Waals surface area (Å²) in [5, 5.41) is 8.19. The molecule has 1 unspecified atom stereocenters. The van der Waals surface area contributed by atoms with E-state index in [1.165, 1.54) is 4.68 Å². The highest BCUT2D eigenvalue weighted by Gasteiger charge is 2.42. The van der Waals surface area contributed by atoms with Gasteiger partial charge in [-0.15, -0.1) is 0 Å². The van der Waals surface area contributed by atoms with Crippen LogP contribution in [0.25, 0.3) is 10.9 Å². The molecule has 1 aromatic heterocycles. The highest BCUT2D eigenvalue weighted by atomic mass is 16.5. The first kappa shape index (κ1) is 16.9. The lowest BCUT2D eigenvalue weighted by molar-refractivity contribution is -0.123. The van der Waals surface area contributed by atoms with Gasteiger partial charge in [0, 0.05) is 6.07 Å². The summed E-state index contributed by atoms with van der Waals surface area (Å²) < 4.78 is 7.10. The van der Waals surface area contributed by atoms with Crippen LogP contribution < -0.4 is 20.9 Å². The predicted molar refractivity (Wildman–Crippen MR) is 98.4 cm³/mol. The molecule has 8 heteroatoms. The van der Waals surface area contributed by atoms with E-state index in [1.54, 1.807) is 25.1 Å². The Morgan fingerprint density at radius 2 is 1.85 bits per heavy atom. The quantitative estimate of drug-likeness (QED) is 0.595. The minimum Gasteiger partial charge on any atom is -0.489 e. The average molecular weight is 366 g/mol. The number of urea groups is 1. The zero-order valence-electron chi connectivity index (χ0n) is 14.6. The van der Waals surface area contributed by atoms with Crippen molar-refractivity contribution in [1.82, 2.24) is 20.4 Å². The summed E-state index contributed by atoms with van der Waals surface area (Å²) in [4.78, 5) is 35.9. The van der Waals surface area contributed by atoms with E-state index in [2.05, 4.69) is 15.7 Å². The molecule has 1 atom stereocenters. The Hall–Kier alpha value is -3.55. The van der Waals surface area contributed by atoms with Crippen LogP contribution in [0.4, 0.5) is 4.79 Å². The molecule has 27 heavy (non-hydrogen) atoms. The number of imide groups is 1. The van der Waals surface area contributed by atoms with E-state index in [9.17, 15) is 14.4 Å². The fourth-order valence-electron chi connectivity index (χ4n) is 3.09. The Kier molecular flexibility index (Phi) is 3.95. The second kappa shape index (κ2) is 6.31. The zero-order chi connectivity index (χ0) is 19.0. The number of H-pyrrole nitrogens is 1. The largest absolute Gasteiger partial charge is 0.489 e. The number of carbonyl (C=O) groups is 2. The second-order valence-electron chi connectivity index (χ2n) is 6.73. The predicted octanol–water partition coefficient (Wildman–Crippen LogP) is 1.51. The molecule has 1 aliphatic heterocycles. The van der Waals surface area contributed by atoms with Gasteiger partial charge >= 0.3 is 6.03 Å². The van der Waals surface area contributed by atoms with E-state index in [0.717, 1.165) is 5.56 Å². The molecular weight excluding hydrogens is 348 g/mol. The number of aromatic amines is 1. The summed E-state index contributed by atoms with van der Waals surface area (Å²) >= 11 is 0. The first-order chi connectivity index (χ1) is 12.9. The van der Waals surface area contributed by atoms with Crippen molar-refractivity contribution < 1.29 is 14.3 Å². The fraction of sp³-hybridized carbons (Fsp3) is 0.211. The van der Waals surface area contributed by atoms with Crippen LogP contribution in [0.1, 0.15) is 12.5 Å². The molecule has 1 aliphatic rings. The van der Waals surface area contributed by atoms with E-state index >= 15 is 0 Å². The van der Waals surface area contributed by atoms with Gasteiger partial charge < -0.3 is 10.1 Å². The SMILES string of the molecule is CC1(Cn2[nH]c3cc(OCc4ccccc4)ccc3c2=O)NC(=O)NC1=O. The van der Waals surface area contributed by atoms with E-state index in [4.69, 9.17) is 4.74 Å². The number of carbonyl (C=O) groups excluding carboxylic acids is 2. The van der Waals surface area contributed by atoms with Crippen molar-refractivity contribution in [3.63, 3.8) is 0 Å². The maximum Gasteiger partial charge on any atom is 0.322 e. The van der Waals surface area contributed by atoms with Crippen LogP contribution in [0, 0.1) is 0 Å². The number of hydrogen-bond donors (Lipinski definition) is 3. The second-order valence-corrected chi connectivity index (χ2v) is 6.73. The Balaban J connectivity index is 1.57. The standard InChI is InChI=1S/C19H18N4O4/c1-19(17(25)20-18(26)21-19)11-23-16(24)14-8-7-13(9-15(14)22-23)27-10-12-5-3-2-4-6-12/h2-9,22H,10-11H2,1H3,(H2,20,21,25,26). The zero-order valence-corrected chi connectivity index (χ0v) is 14.6. The number of ether oxygens (including phenoxy) is 1. The molecule has 3 N–H and O–H groups in total. The minimum absolute atomic E-state index is 0.00169. The lowest BCUT2D eigenvalue weighted by Crippen LogP contribution is -2.49. The molecule has 138 valence electrons. The summed E-state index contributed by atoms with van der Waals surface area (Å²) in [6.45, 7) is 1.99. The maximum atomic E-state index is 12.6. The number of rotatable bonds is 5. The third-order valence-corrected chi connectivity index (χ3v) is 4.56. The molecule has 0 bridgehead atoms. The smallest absolute Gasteiger partial charge is 0.322 e. The van der Waals surface area contributed by atoms with Crippen LogP contribution in [0.15, 0.2) is 53.3 Å². The first-order valence-electron chi connectivity index (χ1n) is 8.47. The van der Waals surface area contributed by atoms with Gasteiger partial charge in [-0.3, -0.25) is 20.0 Å². The number of amides is 3. The lowest BCUT2D eigenvalue weighted by atomic mass is 10.0. The number of nitrogens with zero attached hydrogens (tertiary/aromatic N) is 1. The third kappa shape index (κ3) is 3.17. The van der Waals surface area contributed by atoms with E-state index in [1.807, 2.05) is 30.3 Å². The Morgan fingerprint density at radius 1 is 1.07 bits per heavy atom. The van der Waals surface area contributed by atoms with Crippen LogP contribution in [0.5, 0.6) is 5.75 Å². The van der Waals surface area contributed by atoms with Crippen molar-refractivity contribution in [2.75, 3.05) is 0 Å². The highest BCUT2D eigenvalue weighted by molar-refractivity contribution is 6.06. The number of benzene rings is 2. The molecule has 0 saturated carbocycles. The van der Waals surface area contributed by atoms with Gasteiger partial charge in [-0.1, -0.05) is 30.3 Å². The Morgan fingerprint density at radius 3 is 2.56 bits per heavy atom. The van der Waals surface area contributed by atoms with Crippen molar-refractivity contribution in [3.8, 4) is 5.75 Å². The van der Waals surface area contributed by atoms with Crippen molar-refractivity contribution in [2.24, 2.45) is 0 Å². The van der Waals surface area contributed by atoms with Gasteiger partial charge in [0.05, 0.1) is 17.4 Å². The van der Waals surface area contributed by atoms with E-state index < -0.39 is 17.5 Å². The highest BCUT2D eigenvalue weighted by Crippen LogP contribution is 2.19. The van der Waals surface area contributed by atoms with Crippen LogP contribution in [0.2, 0.25) is 0 Å². The molecule has 3 amide bonds. The summed E-state index contributed by atoms with van der Waals surface area (Å²) in [7, 11) is 0. The van der Waals surface area contributed by atoms with Gasteiger partial charge in [0.1, 0.15) is 17.9 Å². The summed E-state index contributed by atoms with van der Waals surface area (Å²) in [6.07, 6.45) is 0. The molecule has 0 aliphatic carbocycles.